The second-order valence-corrected chi connectivity index (χ2v) is 26.1. The normalized spacial score (nSPS) is 18.4. The van der Waals surface area contributed by atoms with Crippen LogP contribution in [0.1, 0.15) is 361 Å². The number of aliphatic hydroxyl groups is 5. The molecule has 0 aromatic carbocycles. The van der Waals surface area contributed by atoms with E-state index in [1.54, 1.807) is 6.08 Å². The van der Waals surface area contributed by atoms with Gasteiger partial charge in [0.05, 0.1) is 25.4 Å². The second-order valence-electron chi connectivity index (χ2n) is 26.1. The first-order valence-electron chi connectivity index (χ1n) is 37.7. The van der Waals surface area contributed by atoms with Crippen LogP contribution in [-0.2, 0) is 14.3 Å². The van der Waals surface area contributed by atoms with Gasteiger partial charge >= 0.3 is 0 Å². The Kier molecular flexibility index (Phi) is 63.2. The Balaban J connectivity index is 2.09. The molecule has 7 unspecified atom stereocenters. The van der Waals surface area contributed by atoms with Gasteiger partial charge in [-0.2, -0.15) is 0 Å². The summed E-state index contributed by atoms with van der Waals surface area (Å²) in [4.78, 5) is 13.1. The highest BCUT2D eigenvalue weighted by Crippen LogP contribution is 2.23. The van der Waals surface area contributed by atoms with Crippen molar-refractivity contribution in [2.24, 2.45) is 0 Å². The van der Waals surface area contributed by atoms with Gasteiger partial charge in [0.25, 0.3) is 0 Å². The maximum atomic E-state index is 13.1. The third-order valence-electron chi connectivity index (χ3n) is 17.7. The smallest absolute Gasteiger partial charge is 0.220 e. The van der Waals surface area contributed by atoms with E-state index in [0.29, 0.717) is 6.42 Å². The number of allylic oxidation sites excluding steroid dienone is 11. The molecule has 508 valence electrons. The first-order valence-corrected chi connectivity index (χ1v) is 37.7. The first-order chi connectivity index (χ1) is 42.8. The fourth-order valence-corrected chi connectivity index (χ4v) is 11.8. The van der Waals surface area contributed by atoms with Gasteiger partial charge in [-0.25, -0.2) is 0 Å². The molecule has 1 amide bonds. The third-order valence-corrected chi connectivity index (χ3v) is 17.7. The largest absolute Gasteiger partial charge is 0.394 e. The standard InChI is InChI=1S/C78H143NO8/c1-3-5-7-9-11-13-15-17-19-21-23-25-27-29-30-31-32-33-34-35-36-37-38-39-40-41-42-44-46-48-50-52-54-56-58-60-62-64-66-68-74(82)79-71(70-86-78-77(85)76(84)75(83)73(69-80)87-78)72(81)67-65-63-61-59-57-55-53-51-49-47-45-43-28-26-24-22-20-18-16-14-12-10-8-6-4-2/h15,17,21,23,27,29,49,51,57,59,65,67,71-73,75-78,80-81,83-85H,3-14,16,18-20,22,24-26,28,30-48,50,52-56,58,60-64,66,68-70H2,1-2H3,(H,79,82)/b17-15-,23-21-,29-27-,51-49+,59-57+,67-65+. The van der Waals surface area contributed by atoms with E-state index in [0.717, 1.165) is 57.8 Å². The topological polar surface area (TPSA) is 149 Å². The Morgan fingerprint density at radius 2 is 0.690 bits per heavy atom. The predicted octanol–water partition coefficient (Wildman–Crippen LogP) is 21.1. The number of unbranched alkanes of at least 4 members (excludes halogenated alkanes) is 46. The van der Waals surface area contributed by atoms with Crippen LogP contribution in [0.3, 0.4) is 0 Å². The predicted molar refractivity (Wildman–Crippen MR) is 373 cm³/mol. The molecule has 0 saturated carbocycles. The zero-order valence-corrected chi connectivity index (χ0v) is 57.0. The molecule has 0 spiro atoms. The molecule has 1 heterocycles. The van der Waals surface area contributed by atoms with Crippen molar-refractivity contribution in [1.29, 1.82) is 0 Å². The van der Waals surface area contributed by atoms with Crippen molar-refractivity contribution in [2.75, 3.05) is 13.2 Å². The first kappa shape index (κ1) is 82.6. The van der Waals surface area contributed by atoms with Crippen molar-refractivity contribution in [3.63, 3.8) is 0 Å². The average molecular weight is 1220 g/mol. The lowest BCUT2D eigenvalue weighted by molar-refractivity contribution is -0.302. The highest BCUT2D eigenvalue weighted by molar-refractivity contribution is 5.76. The minimum atomic E-state index is -1.58. The summed E-state index contributed by atoms with van der Waals surface area (Å²) < 4.78 is 11.3. The van der Waals surface area contributed by atoms with E-state index in [1.807, 2.05) is 6.08 Å². The monoisotopic (exact) mass is 1220 g/mol. The van der Waals surface area contributed by atoms with Crippen LogP contribution in [-0.4, -0.2) is 87.5 Å². The molecular weight excluding hydrogens is 1080 g/mol. The molecule has 0 aromatic heterocycles. The van der Waals surface area contributed by atoms with Gasteiger partial charge < -0.3 is 40.3 Å². The molecule has 9 nitrogen and oxygen atoms in total. The Labute approximate surface area is 538 Å². The molecule has 1 rings (SSSR count). The Bertz CT molecular complexity index is 1610. The van der Waals surface area contributed by atoms with Gasteiger partial charge in [0, 0.05) is 6.42 Å². The highest BCUT2D eigenvalue weighted by Gasteiger charge is 2.44. The van der Waals surface area contributed by atoms with E-state index in [4.69, 9.17) is 9.47 Å². The number of hydrogen-bond donors (Lipinski definition) is 6. The lowest BCUT2D eigenvalue weighted by atomic mass is 9.99. The summed E-state index contributed by atoms with van der Waals surface area (Å²) in [5, 5.41) is 54.8. The van der Waals surface area contributed by atoms with E-state index in [9.17, 15) is 30.3 Å². The molecular formula is C78H143NO8. The van der Waals surface area contributed by atoms with Crippen LogP contribution in [0.2, 0.25) is 0 Å². The minimum Gasteiger partial charge on any atom is -0.394 e. The fraction of sp³-hybridized carbons (Fsp3) is 0.833. The van der Waals surface area contributed by atoms with Gasteiger partial charge in [-0.05, 0) is 83.5 Å². The maximum absolute atomic E-state index is 13.1. The molecule has 0 aliphatic carbocycles. The summed E-state index contributed by atoms with van der Waals surface area (Å²) in [7, 11) is 0. The van der Waals surface area contributed by atoms with Gasteiger partial charge in [-0.3, -0.25) is 4.79 Å². The fourth-order valence-electron chi connectivity index (χ4n) is 11.8. The van der Waals surface area contributed by atoms with Gasteiger partial charge in [0.2, 0.25) is 5.91 Å². The van der Waals surface area contributed by atoms with E-state index < -0.39 is 49.5 Å². The summed E-state index contributed by atoms with van der Waals surface area (Å²) in [6.45, 7) is 3.79. The summed E-state index contributed by atoms with van der Waals surface area (Å²) in [5.41, 5.74) is 0. The van der Waals surface area contributed by atoms with E-state index >= 15 is 0 Å². The van der Waals surface area contributed by atoms with Crippen molar-refractivity contribution < 1.29 is 39.8 Å². The Hall–Kier alpha value is -2.37. The number of ether oxygens (including phenoxy) is 2. The van der Waals surface area contributed by atoms with Crippen LogP contribution in [0.4, 0.5) is 0 Å². The highest BCUT2D eigenvalue weighted by atomic mass is 16.7. The number of rotatable bonds is 66. The number of carbonyl (C=O) groups is 1. The summed E-state index contributed by atoms with van der Waals surface area (Å²) in [6, 6.07) is -0.831. The minimum absolute atomic E-state index is 0.185. The van der Waals surface area contributed by atoms with Gasteiger partial charge in [-0.1, -0.05) is 344 Å². The average Bonchev–Trinajstić information content (AvgIpc) is 3.38. The zero-order chi connectivity index (χ0) is 62.8. The summed E-state index contributed by atoms with van der Waals surface area (Å²) in [6.07, 6.45) is 87.5. The molecule has 0 radical (unpaired) electrons. The molecule has 1 saturated heterocycles. The number of nitrogens with one attached hydrogen (secondary N) is 1. The second kappa shape index (κ2) is 66.5. The van der Waals surface area contributed by atoms with Gasteiger partial charge in [-0.15, -0.1) is 0 Å². The molecule has 6 N–H and O–H groups in total. The molecule has 1 aliphatic rings. The molecule has 87 heavy (non-hydrogen) atoms. The lowest BCUT2D eigenvalue weighted by Crippen LogP contribution is -2.60. The number of hydrogen-bond acceptors (Lipinski definition) is 8. The zero-order valence-electron chi connectivity index (χ0n) is 57.0. The number of aliphatic hydroxyl groups excluding tert-OH is 5. The van der Waals surface area contributed by atoms with Gasteiger partial charge in [0.15, 0.2) is 6.29 Å². The van der Waals surface area contributed by atoms with E-state index in [-0.39, 0.29) is 12.5 Å². The van der Waals surface area contributed by atoms with Crippen LogP contribution in [0.25, 0.3) is 0 Å². The van der Waals surface area contributed by atoms with Crippen molar-refractivity contribution >= 4 is 5.91 Å². The molecule has 0 aromatic rings. The summed E-state index contributed by atoms with van der Waals surface area (Å²) in [5.74, 6) is -0.185. The maximum Gasteiger partial charge on any atom is 0.220 e. The van der Waals surface area contributed by atoms with Crippen LogP contribution in [0.5, 0.6) is 0 Å². The molecule has 9 heteroatoms. The van der Waals surface area contributed by atoms with Crippen molar-refractivity contribution in [3.05, 3.63) is 72.9 Å². The number of carbonyl (C=O) groups excluding carboxylic acids is 1. The molecule has 7 atom stereocenters. The summed E-state index contributed by atoms with van der Waals surface area (Å²) >= 11 is 0. The van der Waals surface area contributed by atoms with Crippen LogP contribution < -0.4 is 5.32 Å². The van der Waals surface area contributed by atoms with Crippen LogP contribution in [0, 0.1) is 0 Å². The lowest BCUT2D eigenvalue weighted by Gasteiger charge is -2.40. The number of amides is 1. The third kappa shape index (κ3) is 55.0. The van der Waals surface area contributed by atoms with E-state index in [2.05, 4.69) is 79.9 Å². The molecule has 0 bridgehead atoms. The molecule has 1 fully saturated rings. The SMILES string of the molecule is CCCCCCC/C=C\C/C=C\C/C=C\CCCCCCCCCCCCCCCCCCCCCCCCCCC(=O)NC(COC1OC(CO)C(O)C(O)C1O)C(O)/C=C/CC/C=C/CC/C=C/CCCCCCCCCCCCCCCCC. The Morgan fingerprint density at radius 3 is 1.05 bits per heavy atom. The van der Waals surface area contributed by atoms with Crippen molar-refractivity contribution in [3.8, 4) is 0 Å². The van der Waals surface area contributed by atoms with Crippen LogP contribution in [0.15, 0.2) is 72.9 Å². The Morgan fingerprint density at radius 1 is 0.391 bits per heavy atom. The van der Waals surface area contributed by atoms with Crippen molar-refractivity contribution in [1.82, 2.24) is 5.32 Å². The quantitative estimate of drug-likeness (QED) is 0.0261. The van der Waals surface area contributed by atoms with Gasteiger partial charge in [0.1, 0.15) is 24.4 Å². The van der Waals surface area contributed by atoms with E-state index in [1.165, 1.54) is 283 Å². The van der Waals surface area contributed by atoms with Crippen molar-refractivity contribution in [2.45, 2.75) is 403 Å². The molecule has 1 aliphatic heterocycles. The van der Waals surface area contributed by atoms with Crippen LogP contribution >= 0.6 is 0 Å².